The van der Waals surface area contributed by atoms with Crippen LogP contribution in [0.15, 0.2) is 36.5 Å². The summed E-state index contributed by atoms with van der Waals surface area (Å²) in [6, 6.07) is -0.825. The molecule has 0 bridgehead atoms. The molecular formula is C59H109NO13. The standard InChI is InChI=1S/C59H109NO13/c1-3-5-7-9-11-13-14-15-16-17-18-19-20-21-22-23-24-25-26-27-28-29-30-31-32-33-34-35-37-39-41-43-51(64)60-47(48(63)42-40-38-36-12-10-8-6-4-2)46-70-58-56(69)54(67)57(50(45-62)72-58)73-59-55(68)53(66)52(65)49(44-61)71-59/h14-15,17-18,20-21,47-50,52-59,61-63,65-69H,3-13,16,19,22-46H2,1-2H3,(H,60,64)/b15-14-,18-17-,21-20-. The number of aliphatic hydroxyl groups is 8. The Labute approximate surface area is 442 Å². The minimum atomic E-state index is -1.78. The van der Waals surface area contributed by atoms with Crippen molar-refractivity contribution in [1.82, 2.24) is 5.32 Å². The van der Waals surface area contributed by atoms with E-state index in [9.17, 15) is 45.6 Å². The van der Waals surface area contributed by atoms with Crippen molar-refractivity contribution in [3.8, 4) is 0 Å². The lowest BCUT2D eigenvalue weighted by atomic mass is 9.97. The van der Waals surface area contributed by atoms with Crippen LogP contribution in [-0.2, 0) is 23.7 Å². The van der Waals surface area contributed by atoms with Crippen molar-refractivity contribution < 1.29 is 64.6 Å². The molecule has 0 saturated carbocycles. The van der Waals surface area contributed by atoms with Crippen LogP contribution in [-0.4, -0.2) is 140 Å². The van der Waals surface area contributed by atoms with Gasteiger partial charge in [0.05, 0.1) is 32.0 Å². The lowest BCUT2D eigenvalue weighted by Crippen LogP contribution is -2.65. The van der Waals surface area contributed by atoms with E-state index in [-0.39, 0.29) is 12.5 Å². The monoisotopic (exact) mass is 1040 g/mol. The summed E-state index contributed by atoms with van der Waals surface area (Å²) >= 11 is 0. The molecule has 0 aromatic carbocycles. The second-order valence-corrected chi connectivity index (χ2v) is 21.1. The van der Waals surface area contributed by atoms with Gasteiger partial charge in [-0.05, 0) is 51.4 Å². The van der Waals surface area contributed by atoms with Gasteiger partial charge in [-0.15, -0.1) is 0 Å². The van der Waals surface area contributed by atoms with Crippen molar-refractivity contribution in [3.05, 3.63) is 36.5 Å². The van der Waals surface area contributed by atoms with Gasteiger partial charge in [-0.1, -0.05) is 217 Å². The van der Waals surface area contributed by atoms with Gasteiger partial charge < -0.3 is 65.1 Å². The Morgan fingerprint density at radius 3 is 1.38 bits per heavy atom. The highest BCUT2D eigenvalue weighted by molar-refractivity contribution is 5.76. The van der Waals surface area contributed by atoms with Gasteiger partial charge in [0.15, 0.2) is 12.6 Å². The number of aliphatic hydroxyl groups excluding tert-OH is 8. The minimum Gasteiger partial charge on any atom is -0.394 e. The molecule has 14 heteroatoms. The normalized spacial score (nSPS) is 25.6. The second kappa shape index (κ2) is 45.3. The number of hydrogen-bond acceptors (Lipinski definition) is 13. The van der Waals surface area contributed by atoms with Gasteiger partial charge >= 0.3 is 0 Å². The molecule has 0 aromatic rings. The molecule has 2 heterocycles. The quantitative estimate of drug-likeness (QED) is 0.0205. The molecule has 1 amide bonds. The van der Waals surface area contributed by atoms with E-state index >= 15 is 0 Å². The molecule has 12 unspecified atom stereocenters. The molecule has 2 saturated heterocycles. The number of unbranched alkanes of at least 4 members (excludes halogenated alkanes) is 28. The number of allylic oxidation sites excluding steroid dienone is 6. The summed E-state index contributed by atoms with van der Waals surface area (Å²) in [5.41, 5.74) is 0. The van der Waals surface area contributed by atoms with Gasteiger partial charge in [0.2, 0.25) is 5.91 Å². The molecule has 2 aliphatic rings. The summed E-state index contributed by atoms with van der Waals surface area (Å²) in [6.07, 6.45) is 37.6. The highest BCUT2D eigenvalue weighted by Gasteiger charge is 2.51. The highest BCUT2D eigenvalue weighted by Crippen LogP contribution is 2.30. The predicted octanol–water partition coefficient (Wildman–Crippen LogP) is 9.83. The van der Waals surface area contributed by atoms with E-state index in [2.05, 4.69) is 55.6 Å². The first kappa shape index (κ1) is 67.3. The topological polar surface area (TPSA) is 228 Å². The molecule has 0 spiro atoms. The van der Waals surface area contributed by atoms with Gasteiger partial charge in [-0.25, -0.2) is 0 Å². The minimum absolute atomic E-state index is 0.209. The number of nitrogens with one attached hydrogen (secondary N) is 1. The second-order valence-electron chi connectivity index (χ2n) is 21.1. The summed E-state index contributed by atoms with van der Waals surface area (Å²) in [7, 11) is 0. The fourth-order valence-corrected chi connectivity index (χ4v) is 9.77. The Bertz CT molecular complexity index is 1370. The predicted molar refractivity (Wildman–Crippen MR) is 291 cm³/mol. The molecule has 0 radical (unpaired) electrons. The Kier molecular flexibility index (Phi) is 41.7. The number of ether oxygens (including phenoxy) is 4. The Hall–Kier alpha value is -1.79. The number of carbonyl (C=O) groups is 1. The average molecular weight is 1040 g/mol. The average Bonchev–Trinajstić information content (AvgIpc) is 3.39. The van der Waals surface area contributed by atoms with Crippen molar-refractivity contribution in [1.29, 1.82) is 0 Å². The molecule has 0 aromatic heterocycles. The van der Waals surface area contributed by atoms with Gasteiger partial charge in [0.1, 0.15) is 48.8 Å². The molecule has 0 aliphatic carbocycles. The van der Waals surface area contributed by atoms with Gasteiger partial charge in [-0.2, -0.15) is 0 Å². The van der Waals surface area contributed by atoms with E-state index in [1.54, 1.807) is 0 Å². The van der Waals surface area contributed by atoms with Gasteiger partial charge in [-0.3, -0.25) is 4.79 Å². The Morgan fingerprint density at radius 2 is 0.904 bits per heavy atom. The zero-order valence-corrected chi connectivity index (χ0v) is 45.9. The molecule has 2 aliphatic heterocycles. The summed E-state index contributed by atoms with van der Waals surface area (Å²) in [5.74, 6) is -0.209. The van der Waals surface area contributed by atoms with Crippen LogP contribution in [0.25, 0.3) is 0 Å². The number of rotatable bonds is 47. The van der Waals surface area contributed by atoms with E-state index in [0.717, 1.165) is 64.2 Å². The van der Waals surface area contributed by atoms with Gasteiger partial charge in [0.25, 0.3) is 0 Å². The first-order chi connectivity index (χ1) is 35.6. The maximum absolute atomic E-state index is 13.2. The van der Waals surface area contributed by atoms with E-state index < -0.39 is 86.8 Å². The first-order valence-corrected chi connectivity index (χ1v) is 29.7. The van der Waals surface area contributed by atoms with Crippen molar-refractivity contribution >= 4 is 5.91 Å². The van der Waals surface area contributed by atoms with Crippen LogP contribution < -0.4 is 5.32 Å². The molecule has 73 heavy (non-hydrogen) atoms. The molecule has 2 fully saturated rings. The van der Waals surface area contributed by atoms with E-state index in [4.69, 9.17) is 18.9 Å². The number of hydrogen-bond donors (Lipinski definition) is 9. The number of amides is 1. The maximum Gasteiger partial charge on any atom is 0.220 e. The summed E-state index contributed by atoms with van der Waals surface area (Å²) in [6.45, 7) is 2.81. The summed E-state index contributed by atoms with van der Waals surface area (Å²) in [4.78, 5) is 13.2. The SMILES string of the molecule is CCCCCCC/C=C\C/C=C\C/C=C\CCCCCCCCCCCCCCCCCCC(=O)NC(COC1OC(CO)C(OC2OC(CO)C(O)C(O)C2O)C(O)C1O)C(O)CCCCCCCCCC. The van der Waals surface area contributed by atoms with Crippen LogP contribution in [0, 0.1) is 0 Å². The molecule has 14 nitrogen and oxygen atoms in total. The lowest BCUT2D eigenvalue weighted by Gasteiger charge is -2.46. The molecule has 428 valence electrons. The molecule has 2 rings (SSSR count). The van der Waals surface area contributed by atoms with E-state index in [1.807, 2.05) is 0 Å². The molecule has 9 N–H and O–H groups in total. The van der Waals surface area contributed by atoms with Crippen molar-refractivity contribution in [2.45, 2.75) is 312 Å². The third kappa shape index (κ3) is 31.3. The van der Waals surface area contributed by atoms with E-state index in [1.165, 1.54) is 148 Å². The van der Waals surface area contributed by atoms with Crippen LogP contribution in [0.4, 0.5) is 0 Å². The van der Waals surface area contributed by atoms with Crippen molar-refractivity contribution in [3.63, 3.8) is 0 Å². The van der Waals surface area contributed by atoms with Crippen LogP contribution in [0.3, 0.4) is 0 Å². The van der Waals surface area contributed by atoms with Crippen molar-refractivity contribution in [2.75, 3.05) is 19.8 Å². The lowest BCUT2D eigenvalue weighted by molar-refractivity contribution is -0.359. The van der Waals surface area contributed by atoms with E-state index in [0.29, 0.717) is 12.8 Å². The van der Waals surface area contributed by atoms with Gasteiger partial charge in [0, 0.05) is 6.42 Å². The maximum atomic E-state index is 13.2. The first-order valence-electron chi connectivity index (χ1n) is 29.7. The third-order valence-corrected chi connectivity index (χ3v) is 14.6. The van der Waals surface area contributed by atoms with Crippen molar-refractivity contribution in [2.24, 2.45) is 0 Å². The Balaban J connectivity index is 1.60. The largest absolute Gasteiger partial charge is 0.394 e. The fourth-order valence-electron chi connectivity index (χ4n) is 9.77. The Morgan fingerprint density at radius 1 is 0.493 bits per heavy atom. The fraction of sp³-hybridized carbons (Fsp3) is 0.881. The van der Waals surface area contributed by atoms with Crippen LogP contribution >= 0.6 is 0 Å². The summed E-state index contributed by atoms with van der Waals surface area (Å²) < 4.78 is 22.7. The van der Waals surface area contributed by atoms with Crippen LogP contribution in [0.2, 0.25) is 0 Å². The zero-order chi connectivity index (χ0) is 53.2. The van der Waals surface area contributed by atoms with Crippen LogP contribution in [0.5, 0.6) is 0 Å². The summed E-state index contributed by atoms with van der Waals surface area (Å²) in [5, 5.41) is 86.9. The molecular weight excluding hydrogens is 931 g/mol. The number of carbonyl (C=O) groups excluding carboxylic acids is 1. The zero-order valence-electron chi connectivity index (χ0n) is 45.9. The van der Waals surface area contributed by atoms with Crippen LogP contribution in [0.1, 0.15) is 239 Å². The third-order valence-electron chi connectivity index (χ3n) is 14.6. The smallest absolute Gasteiger partial charge is 0.220 e. The highest BCUT2D eigenvalue weighted by atomic mass is 16.7. The molecule has 12 atom stereocenters.